The summed E-state index contributed by atoms with van der Waals surface area (Å²) in [5.74, 6) is 0.580. The van der Waals surface area contributed by atoms with Crippen LogP contribution in [0.4, 0.5) is 0 Å². The largest absolute Gasteiger partial charge is 0.356 e. The van der Waals surface area contributed by atoms with Gasteiger partial charge in [0.25, 0.3) is 0 Å². The summed E-state index contributed by atoms with van der Waals surface area (Å²) in [6.45, 7) is 1.73. The number of aromatic nitrogens is 4. The molecule has 192 valence electrons. The van der Waals surface area contributed by atoms with Crippen molar-refractivity contribution in [2.45, 2.75) is 31.8 Å². The smallest absolute Gasteiger partial charge is 0.171 e. The van der Waals surface area contributed by atoms with E-state index in [1.165, 1.54) is 0 Å². The molecule has 2 heterocycles. The van der Waals surface area contributed by atoms with Gasteiger partial charge < -0.3 is 19.4 Å². The fraction of sp³-hybridized carbons (Fsp3) is 0.192. The molecule has 4 aromatic rings. The summed E-state index contributed by atoms with van der Waals surface area (Å²) in [5, 5.41) is 4.00. The van der Waals surface area contributed by atoms with Crippen LogP contribution in [0.2, 0.25) is 0 Å². The van der Waals surface area contributed by atoms with Crippen LogP contribution >= 0.6 is 55.8 Å². The van der Waals surface area contributed by atoms with E-state index in [-0.39, 0.29) is 0 Å². The minimum absolute atomic E-state index is 0.291. The lowest BCUT2D eigenvalue weighted by Gasteiger charge is -2.11. The van der Waals surface area contributed by atoms with Crippen molar-refractivity contribution in [2.75, 3.05) is 6.26 Å². The number of nitrogens with one attached hydrogen (secondary N) is 1. The van der Waals surface area contributed by atoms with Gasteiger partial charge >= 0.3 is 0 Å². The molecule has 0 saturated carbocycles. The third-order valence-electron chi connectivity index (χ3n) is 5.15. The standard InChI is InChI=1S/C26H25Br2N5O2S2/c1-37-26-30-21(14-32(26)17-34-15-19-8-4-2-5-9-19)12-13-29-25(36)24-31-22(27)23(28)33(24)18-35-16-20-10-6-3-7-11-20/h2-14H,15-18H2,1H3,(H,29,36)/b13-12-. The topological polar surface area (TPSA) is 66.1 Å². The number of hydrogen-bond acceptors (Lipinski definition) is 6. The zero-order chi connectivity index (χ0) is 26.0. The van der Waals surface area contributed by atoms with Gasteiger partial charge in [-0.1, -0.05) is 84.6 Å². The highest BCUT2D eigenvalue weighted by molar-refractivity contribution is 9.13. The predicted octanol–water partition coefficient (Wildman–Crippen LogP) is 6.61. The van der Waals surface area contributed by atoms with Crippen molar-refractivity contribution in [3.8, 4) is 0 Å². The first-order chi connectivity index (χ1) is 18.0. The van der Waals surface area contributed by atoms with Gasteiger partial charge in [-0.2, -0.15) is 0 Å². The first kappa shape index (κ1) is 27.7. The molecule has 7 nitrogen and oxygen atoms in total. The summed E-state index contributed by atoms with van der Waals surface area (Å²) in [6.07, 6.45) is 7.56. The molecule has 0 bridgehead atoms. The summed E-state index contributed by atoms with van der Waals surface area (Å²) < 4.78 is 17.0. The maximum absolute atomic E-state index is 5.89. The van der Waals surface area contributed by atoms with Gasteiger partial charge in [0, 0.05) is 12.4 Å². The molecule has 11 heteroatoms. The molecule has 2 aromatic carbocycles. The number of imidazole rings is 2. The molecule has 0 fully saturated rings. The normalized spacial score (nSPS) is 11.3. The van der Waals surface area contributed by atoms with Crippen LogP contribution in [0.1, 0.15) is 22.6 Å². The van der Waals surface area contributed by atoms with Crippen LogP contribution in [-0.4, -0.2) is 30.3 Å². The van der Waals surface area contributed by atoms with E-state index in [4.69, 9.17) is 21.7 Å². The second-order valence-electron chi connectivity index (χ2n) is 7.80. The third-order valence-corrected chi connectivity index (χ3v) is 8.03. The van der Waals surface area contributed by atoms with E-state index in [1.807, 2.05) is 88.3 Å². The van der Waals surface area contributed by atoms with Gasteiger partial charge in [0.1, 0.15) is 27.7 Å². The molecule has 0 atom stereocenters. The number of nitrogens with zero attached hydrogens (tertiary/aromatic N) is 4. The Balaban J connectivity index is 1.34. The van der Waals surface area contributed by atoms with Crippen molar-refractivity contribution < 1.29 is 9.47 Å². The summed E-state index contributed by atoms with van der Waals surface area (Å²) >= 11 is 14.2. The molecule has 37 heavy (non-hydrogen) atoms. The highest BCUT2D eigenvalue weighted by atomic mass is 79.9. The molecule has 0 saturated heterocycles. The van der Waals surface area contributed by atoms with Crippen LogP contribution in [0.3, 0.4) is 0 Å². The van der Waals surface area contributed by atoms with Gasteiger partial charge in [0.15, 0.2) is 11.0 Å². The maximum Gasteiger partial charge on any atom is 0.171 e. The predicted molar refractivity (Wildman–Crippen MR) is 158 cm³/mol. The van der Waals surface area contributed by atoms with E-state index >= 15 is 0 Å². The van der Waals surface area contributed by atoms with E-state index in [1.54, 1.807) is 18.0 Å². The Bertz CT molecular complexity index is 1340. The van der Waals surface area contributed by atoms with Crippen LogP contribution in [0.15, 0.2) is 87.4 Å². The lowest BCUT2D eigenvalue weighted by Crippen LogP contribution is -2.21. The van der Waals surface area contributed by atoms with Crippen LogP contribution in [0, 0.1) is 0 Å². The molecule has 0 spiro atoms. The number of thiocarbonyl (C=S) groups is 1. The first-order valence-corrected chi connectivity index (χ1v) is 14.5. The molecular weight excluding hydrogens is 638 g/mol. The van der Waals surface area contributed by atoms with Gasteiger partial charge in [0.05, 0.1) is 18.9 Å². The van der Waals surface area contributed by atoms with Gasteiger partial charge in [-0.3, -0.25) is 4.57 Å². The molecule has 0 amide bonds. The summed E-state index contributed by atoms with van der Waals surface area (Å²) in [4.78, 5) is 9.64. The monoisotopic (exact) mass is 661 g/mol. The number of rotatable bonds is 12. The first-order valence-electron chi connectivity index (χ1n) is 11.3. The quantitative estimate of drug-likeness (QED) is 0.135. The lowest BCUT2D eigenvalue weighted by atomic mass is 10.2. The molecular formula is C26H25Br2N5O2S2. The summed E-state index contributed by atoms with van der Waals surface area (Å²) in [7, 11) is 0. The van der Waals surface area contributed by atoms with Crippen molar-refractivity contribution in [2.24, 2.45) is 0 Å². The molecule has 0 aliphatic heterocycles. The number of hydrogen-bond donors (Lipinski definition) is 1. The van der Waals surface area contributed by atoms with Crippen molar-refractivity contribution in [3.63, 3.8) is 0 Å². The van der Waals surface area contributed by atoms with Crippen LogP contribution in [0.5, 0.6) is 0 Å². The zero-order valence-electron chi connectivity index (χ0n) is 20.0. The Labute approximate surface area is 242 Å². The van der Waals surface area contributed by atoms with Crippen LogP contribution in [-0.2, 0) is 36.1 Å². The van der Waals surface area contributed by atoms with Crippen molar-refractivity contribution in [3.05, 3.63) is 105 Å². The minimum Gasteiger partial charge on any atom is -0.356 e. The average molecular weight is 663 g/mol. The highest BCUT2D eigenvalue weighted by Crippen LogP contribution is 2.24. The Kier molecular flexibility index (Phi) is 10.5. The van der Waals surface area contributed by atoms with Crippen molar-refractivity contribution >= 4 is 66.9 Å². The Morgan fingerprint density at radius 1 is 0.973 bits per heavy atom. The molecule has 4 rings (SSSR count). The van der Waals surface area contributed by atoms with Crippen molar-refractivity contribution in [1.29, 1.82) is 0 Å². The number of halogens is 2. The van der Waals surface area contributed by atoms with E-state index in [2.05, 4.69) is 47.1 Å². The van der Waals surface area contributed by atoms with E-state index < -0.39 is 0 Å². The third kappa shape index (κ3) is 7.86. The Morgan fingerprint density at radius 3 is 2.22 bits per heavy atom. The second kappa shape index (κ2) is 14.0. The molecule has 0 unspecified atom stereocenters. The molecule has 0 radical (unpaired) electrons. The number of thioether (sulfide) groups is 1. The molecule has 0 aliphatic rings. The van der Waals surface area contributed by atoms with Gasteiger partial charge in [-0.25, -0.2) is 9.97 Å². The Hall–Kier alpha value is -2.28. The van der Waals surface area contributed by atoms with Gasteiger partial charge in [-0.15, -0.1) is 0 Å². The Morgan fingerprint density at radius 2 is 1.59 bits per heavy atom. The molecule has 1 N–H and O–H groups in total. The van der Waals surface area contributed by atoms with E-state index in [0.29, 0.717) is 42.1 Å². The number of benzene rings is 2. The maximum atomic E-state index is 5.89. The van der Waals surface area contributed by atoms with Crippen LogP contribution < -0.4 is 5.32 Å². The van der Waals surface area contributed by atoms with Gasteiger partial charge in [0.2, 0.25) is 0 Å². The number of ether oxygens (including phenoxy) is 2. The molecule has 0 aliphatic carbocycles. The lowest BCUT2D eigenvalue weighted by molar-refractivity contribution is 0.0587. The fourth-order valence-electron chi connectivity index (χ4n) is 3.38. The minimum atomic E-state index is 0.291. The highest BCUT2D eigenvalue weighted by Gasteiger charge is 2.17. The zero-order valence-corrected chi connectivity index (χ0v) is 24.8. The van der Waals surface area contributed by atoms with Gasteiger partial charge in [-0.05, 0) is 55.3 Å². The SMILES string of the molecule is CSc1nc(/C=C\NC(=S)c2nc(Br)c(Br)n2COCc2ccccc2)cn1COCc1ccccc1. The summed E-state index contributed by atoms with van der Waals surface area (Å²) in [5.41, 5.74) is 3.02. The average Bonchev–Trinajstić information content (AvgIpc) is 3.45. The van der Waals surface area contributed by atoms with E-state index in [9.17, 15) is 0 Å². The fourth-order valence-corrected chi connectivity index (χ4v) is 4.88. The van der Waals surface area contributed by atoms with E-state index in [0.717, 1.165) is 26.6 Å². The second-order valence-corrected chi connectivity index (χ2v) is 10.5. The van der Waals surface area contributed by atoms with Crippen molar-refractivity contribution in [1.82, 2.24) is 24.4 Å². The summed E-state index contributed by atoms with van der Waals surface area (Å²) in [6, 6.07) is 20.1. The van der Waals surface area contributed by atoms with Crippen LogP contribution in [0.25, 0.3) is 6.08 Å². The molecule has 2 aromatic heterocycles.